The average Bonchev–Trinajstić information content (AvgIpc) is 2.35. The second-order valence-corrected chi connectivity index (χ2v) is 5.97. The normalized spacial score (nSPS) is 18.9. The lowest BCUT2D eigenvalue weighted by Gasteiger charge is -2.21. The van der Waals surface area contributed by atoms with Crippen LogP contribution in [0, 0.1) is 5.92 Å². The van der Waals surface area contributed by atoms with Crippen LogP contribution in [0.2, 0.25) is 0 Å². The number of aliphatic hydroxyl groups is 1. The second-order valence-electron chi connectivity index (χ2n) is 4.68. The number of carbonyl (C=O) groups is 1. The number of piperidine rings is 1. The van der Waals surface area contributed by atoms with Crippen LogP contribution in [0.1, 0.15) is 26.2 Å². The summed E-state index contributed by atoms with van der Waals surface area (Å²) in [7, 11) is 0. The lowest BCUT2D eigenvalue weighted by Crippen LogP contribution is -2.33. The van der Waals surface area contributed by atoms with Crippen molar-refractivity contribution < 1.29 is 9.90 Å². The number of aliphatic hydroxyl groups excluding tert-OH is 1. The molecule has 3 N–H and O–H groups in total. The Morgan fingerprint density at radius 3 is 2.88 bits per heavy atom. The average molecular weight is 260 g/mol. The molecule has 1 amide bonds. The van der Waals surface area contributed by atoms with Crippen molar-refractivity contribution in [2.75, 3.05) is 32.0 Å². The third-order valence-electron chi connectivity index (χ3n) is 3.01. The Hall–Kier alpha value is -0.260. The van der Waals surface area contributed by atoms with Gasteiger partial charge in [-0.15, -0.1) is 11.8 Å². The van der Waals surface area contributed by atoms with Gasteiger partial charge in [-0.2, -0.15) is 0 Å². The smallest absolute Gasteiger partial charge is 0.230 e. The Morgan fingerprint density at radius 2 is 2.24 bits per heavy atom. The van der Waals surface area contributed by atoms with Crippen LogP contribution in [0.5, 0.6) is 0 Å². The first-order valence-electron chi connectivity index (χ1n) is 6.42. The molecule has 1 unspecified atom stereocenters. The summed E-state index contributed by atoms with van der Waals surface area (Å²) in [5.74, 6) is 1.04. The molecule has 0 saturated carbocycles. The highest BCUT2D eigenvalue weighted by atomic mass is 32.2. The fourth-order valence-electron chi connectivity index (χ4n) is 1.82. The Labute approximate surface area is 108 Å². The van der Waals surface area contributed by atoms with Gasteiger partial charge in [0.1, 0.15) is 0 Å². The zero-order valence-corrected chi connectivity index (χ0v) is 11.4. The number of rotatable bonds is 7. The van der Waals surface area contributed by atoms with Crippen molar-refractivity contribution in [2.45, 2.75) is 31.4 Å². The first kappa shape index (κ1) is 14.8. The van der Waals surface area contributed by atoms with Gasteiger partial charge in [-0.1, -0.05) is 6.92 Å². The molecule has 0 aliphatic carbocycles. The van der Waals surface area contributed by atoms with Gasteiger partial charge >= 0.3 is 0 Å². The first-order valence-corrected chi connectivity index (χ1v) is 7.47. The van der Waals surface area contributed by atoms with E-state index >= 15 is 0 Å². The van der Waals surface area contributed by atoms with E-state index in [4.69, 9.17) is 5.11 Å². The molecular formula is C12H24N2O2S. The summed E-state index contributed by atoms with van der Waals surface area (Å²) in [5, 5.41) is 15.6. The molecule has 0 aromatic heterocycles. The van der Waals surface area contributed by atoms with Gasteiger partial charge < -0.3 is 15.7 Å². The van der Waals surface area contributed by atoms with Crippen molar-refractivity contribution in [3.05, 3.63) is 0 Å². The monoisotopic (exact) mass is 260 g/mol. The predicted molar refractivity (Wildman–Crippen MR) is 72.2 cm³/mol. The van der Waals surface area contributed by atoms with Gasteiger partial charge in [-0.25, -0.2) is 0 Å². The fraction of sp³-hybridized carbons (Fsp3) is 0.917. The van der Waals surface area contributed by atoms with E-state index in [1.54, 1.807) is 11.8 Å². The molecule has 17 heavy (non-hydrogen) atoms. The molecule has 1 saturated heterocycles. The molecule has 1 atom stereocenters. The van der Waals surface area contributed by atoms with Crippen LogP contribution in [0.4, 0.5) is 0 Å². The highest BCUT2D eigenvalue weighted by molar-refractivity contribution is 8.00. The molecule has 0 bridgehead atoms. The maximum atomic E-state index is 11.6. The van der Waals surface area contributed by atoms with E-state index in [-0.39, 0.29) is 12.5 Å². The largest absolute Gasteiger partial charge is 0.396 e. The first-order chi connectivity index (χ1) is 8.22. The van der Waals surface area contributed by atoms with Gasteiger partial charge in [0.05, 0.1) is 5.75 Å². The lowest BCUT2D eigenvalue weighted by atomic mass is 10.1. The number of nitrogens with one attached hydrogen (secondary N) is 2. The van der Waals surface area contributed by atoms with Crippen LogP contribution in [-0.4, -0.2) is 48.3 Å². The minimum atomic E-state index is 0.123. The summed E-state index contributed by atoms with van der Waals surface area (Å²) in [6.07, 6.45) is 3.08. The standard InChI is InChI=1S/C12H24N2O2S/c1-10(4-7-15)8-14-12(16)9-17-11-2-5-13-6-3-11/h10-11,13,15H,2-9H2,1H3,(H,14,16). The molecule has 1 fully saturated rings. The van der Waals surface area contributed by atoms with E-state index < -0.39 is 0 Å². The maximum Gasteiger partial charge on any atom is 0.230 e. The SMILES string of the molecule is CC(CCO)CNC(=O)CSC1CCNCC1. The van der Waals surface area contributed by atoms with Crippen LogP contribution in [-0.2, 0) is 4.79 Å². The van der Waals surface area contributed by atoms with Crippen molar-refractivity contribution in [1.29, 1.82) is 0 Å². The Balaban J connectivity index is 2.04. The molecule has 4 nitrogen and oxygen atoms in total. The molecule has 0 spiro atoms. The number of hydrogen-bond donors (Lipinski definition) is 3. The van der Waals surface area contributed by atoms with Gasteiger partial charge in [0, 0.05) is 18.4 Å². The third-order valence-corrected chi connectivity index (χ3v) is 4.38. The summed E-state index contributed by atoms with van der Waals surface area (Å²) < 4.78 is 0. The molecular weight excluding hydrogens is 236 g/mol. The van der Waals surface area contributed by atoms with Gasteiger partial charge in [0.25, 0.3) is 0 Å². The maximum absolute atomic E-state index is 11.6. The Morgan fingerprint density at radius 1 is 1.53 bits per heavy atom. The number of amides is 1. The van der Waals surface area contributed by atoms with Gasteiger partial charge in [0.2, 0.25) is 5.91 Å². The summed E-state index contributed by atoms with van der Waals surface area (Å²) >= 11 is 1.77. The molecule has 1 aliphatic heterocycles. The van der Waals surface area contributed by atoms with Crippen LogP contribution in [0.3, 0.4) is 0 Å². The molecule has 5 heteroatoms. The Kier molecular flexibility index (Phi) is 7.64. The molecule has 1 heterocycles. The lowest BCUT2D eigenvalue weighted by molar-refractivity contribution is -0.118. The van der Waals surface area contributed by atoms with Crippen molar-refractivity contribution in [3.63, 3.8) is 0 Å². The zero-order chi connectivity index (χ0) is 12.5. The summed E-state index contributed by atoms with van der Waals surface area (Å²) in [4.78, 5) is 11.6. The minimum absolute atomic E-state index is 0.123. The highest BCUT2D eigenvalue weighted by Gasteiger charge is 2.15. The second kappa shape index (κ2) is 8.78. The van der Waals surface area contributed by atoms with E-state index in [9.17, 15) is 4.79 Å². The van der Waals surface area contributed by atoms with Crippen molar-refractivity contribution in [1.82, 2.24) is 10.6 Å². The molecule has 1 aliphatic rings. The van der Waals surface area contributed by atoms with Gasteiger partial charge in [-0.3, -0.25) is 4.79 Å². The van der Waals surface area contributed by atoms with Crippen LogP contribution >= 0.6 is 11.8 Å². The van der Waals surface area contributed by atoms with Crippen molar-refractivity contribution in [3.8, 4) is 0 Å². The van der Waals surface area contributed by atoms with E-state index in [2.05, 4.69) is 10.6 Å². The topological polar surface area (TPSA) is 61.4 Å². The van der Waals surface area contributed by atoms with Crippen LogP contribution in [0.25, 0.3) is 0 Å². The van der Waals surface area contributed by atoms with E-state index in [0.717, 1.165) is 19.5 Å². The van der Waals surface area contributed by atoms with Crippen LogP contribution in [0.15, 0.2) is 0 Å². The Bertz CT molecular complexity index is 221. The molecule has 0 radical (unpaired) electrons. The summed E-state index contributed by atoms with van der Waals surface area (Å²) in [6, 6.07) is 0. The number of hydrogen-bond acceptors (Lipinski definition) is 4. The highest BCUT2D eigenvalue weighted by Crippen LogP contribution is 2.19. The van der Waals surface area contributed by atoms with Gasteiger partial charge in [0.15, 0.2) is 0 Å². The molecule has 0 aromatic carbocycles. The zero-order valence-electron chi connectivity index (χ0n) is 10.6. The number of thioether (sulfide) groups is 1. The van der Waals surface area contributed by atoms with E-state index in [0.29, 0.717) is 23.5 Å². The minimum Gasteiger partial charge on any atom is -0.396 e. The third kappa shape index (κ3) is 6.91. The molecule has 0 aromatic rings. The van der Waals surface area contributed by atoms with Crippen molar-refractivity contribution >= 4 is 17.7 Å². The summed E-state index contributed by atoms with van der Waals surface area (Å²) in [6.45, 7) is 5.06. The summed E-state index contributed by atoms with van der Waals surface area (Å²) in [5.41, 5.74) is 0. The van der Waals surface area contributed by atoms with E-state index in [1.165, 1.54) is 12.8 Å². The molecule has 100 valence electrons. The molecule has 1 rings (SSSR count). The van der Waals surface area contributed by atoms with Gasteiger partial charge in [-0.05, 0) is 38.3 Å². The number of carbonyl (C=O) groups excluding carboxylic acids is 1. The van der Waals surface area contributed by atoms with Crippen molar-refractivity contribution in [2.24, 2.45) is 5.92 Å². The van der Waals surface area contributed by atoms with E-state index in [1.807, 2.05) is 6.92 Å². The quantitative estimate of drug-likeness (QED) is 0.627. The van der Waals surface area contributed by atoms with Crippen LogP contribution < -0.4 is 10.6 Å². The fourth-order valence-corrected chi connectivity index (χ4v) is 2.88. The predicted octanol–water partition coefficient (Wildman–Crippen LogP) is 0.606.